The standard InChI is InChI=1S/C46H35N5/c1-46(2,38-27-23-36(24-28-38)42-47-40(32-15-7-3-8-16-32)31-41(48-42)33-17-9-4-10-18-33)39-29-25-37(26-30-39)45-50-43(34-19-11-5-12-20-34)49-44(51-45)35-21-13-6-14-22-35/h3-31H,1-2H3. The second-order valence-electron chi connectivity index (χ2n) is 13.0. The molecule has 0 unspecified atom stereocenters. The van der Waals surface area contributed by atoms with Crippen LogP contribution in [-0.2, 0) is 5.41 Å². The first kappa shape index (κ1) is 31.7. The Morgan fingerprint density at radius 1 is 0.294 bits per heavy atom. The molecule has 2 heterocycles. The lowest BCUT2D eigenvalue weighted by molar-refractivity contribution is 0.641. The molecule has 5 heteroatoms. The van der Waals surface area contributed by atoms with Gasteiger partial charge in [0.15, 0.2) is 23.3 Å². The summed E-state index contributed by atoms with van der Waals surface area (Å²) in [6.07, 6.45) is 0. The van der Waals surface area contributed by atoms with Crippen molar-refractivity contribution in [3.8, 4) is 68.1 Å². The normalized spacial score (nSPS) is 11.3. The predicted molar refractivity (Wildman–Crippen MR) is 207 cm³/mol. The molecule has 0 bridgehead atoms. The summed E-state index contributed by atoms with van der Waals surface area (Å²) in [6, 6.07) is 59.9. The quantitative estimate of drug-likeness (QED) is 0.163. The molecular formula is C46H35N5. The van der Waals surface area contributed by atoms with Crippen LogP contribution in [-0.4, -0.2) is 24.9 Å². The Kier molecular flexibility index (Phi) is 8.52. The van der Waals surface area contributed by atoms with Gasteiger partial charge >= 0.3 is 0 Å². The van der Waals surface area contributed by atoms with Gasteiger partial charge in [-0.15, -0.1) is 0 Å². The van der Waals surface area contributed by atoms with E-state index in [4.69, 9.17) is 24.9 Å². The minimum atomic E-state index is -0.261. The van der Waals surface area contributed by atoms with E-state index in [0.29, 0.717) is 23.3 Å². The van der Waals surface area contributed by atoms with Crippen molar-refractivity contribution in [2.24, 2.45) is 0 Å². The molecule has 2 aromatic heterocycles. The fourth-order valence-electron chi connectivity index (χ4n) is 6.27. The summed E-state index contributed by atoms with van der Waals surface area (Å²) in [5.41, 5.74) is 9.84. The molecule has 51 heavy (non-hydrogen) atoms. The van der Waals surface area contributed by atoms with E-state index in [1.54, 1.807) is 0 Å². The van der Waals surface area contributed by atoms with Crippen molar-refractivity contribution in [2.45, 2.75) is 19.3 Å². The maximum Gasteiger partial charge on any atom is 0.164 e. The lowest BCUT2D eigenvalue weighted by Crippen LogP contribution is -2.18. The molecule has 8 rings (SSSR count). The van der Waals surface area contributed by atoms with Crippen LogP contribution in [0.5, 0.6) is 0 Å². The molecule has 0 saturated heterocycles. The van der Waals surface area contributed by atoms with Gasteiger partial charge in [0.05, 0.1) is 11.4 Å². The largest absolute Gasteiger partial charge is 0.228 e. The molecule has 0 aliphatic rings. The minimum absolute atomic E-state index is 0.261. The molecule has 8 aromatic rings. The van der Waals surface area contributed by atoms with Crippen molar-refractivity contribution in [3.05, 3.63) is 187 Å². The second-order valence-corrected chi connectivity index (χ2v) is 13.0. The molecule has 5 nitrogen and oxygen atoms in total. The highest BCUT2D eigenvalue weighted by atomic mass is 15.0. The number of aromatic nitrogens is 5. The summed E-state index contributed by atoms with van der Waals surface area (Å²) >= 11 is 0. The smallest absolute Gasteiger partial charge is 0.164 e. The highest BCUT2D eigenvalue weighted by Crippen LogP contribution is 2.35. The Morgan fingerprint density at radius 3 is 0.902 bits per heavy atom. The zero-order valence-corrected chi connectivity index (χ0v) is 28.5. The van der Waals surface area contributed by atoms with E-state index < -0.39 is 0 Å². The van der Waals surface area contributed by atoms with Crippen molar-refractivity contribution in [2.75, 3.05) is 0 Å². The molecule has 244 valence electrons. The van der Waals surface area contributed by atoms with Crippen LogP contribution in [0, 0.1) is 0 Å². The molecule has 0 spiro atoms. The van der Waals surface area contributed by atoms with Crippen LogP contribution in [0.2, 0.25) is 0 Å². The van der Waals surface area contributed by atoms with Crippen LogP contribution in [0.1, 0.15) is 25.0 Å². The van der Waals surface area contributed by atoms with Crippen molar-refractivity contribution in [1.29, 1.82) is 0 Å². The highest BCUT2D eigenvalue weighted by Gasteiger charge is 2.24. The summed E-state index contributed by atoms with van der Waals surface area (Å²) in [4.78, 5) is 24.7. The van der Waals surface area contributed by atoms with Crippen LogP contribution in [0.25, 0.3) is 68.1 Å². The Bertz CT molecular complexity index is 2110. The van der Waals surface area contributed by atoms with Gasteiger partial charge in [0.1, 0.15) is 0 Å². The van der Waals surface area contributed by atoms with E-state index in [-0.39, 0.29) is 5.41 Å². The third-order valence-corrected chi connectivity index (χ3v) is 9.29. The van der Waals surface area contributed by atoms with Crippen molar-refractivity contribution < 1.29 is 0 Å². The maximum atomic E-state index is 5.01. The number of hydrogen-bond acceptors (Lipinski definition) is 5. The first-order valence-electron chi connectivity index (χ1n) is 17.1. The van der Waals surface area contributed by atoms with E-state index in [9.17, 15) is 0 Å². The minimum Gasteiger partial charge on any atom is -0.228 e. The molecule has 0 saturated carbocycles. The van der Waals surface area contributed by atoms with Gasteiger partial charge in [-0.2, -0.15) is 0 Å². The molecule has 0 atom stereocenters. The van der Waals surface area contributed by atoms with Gasteiger partial charge in [-0.1, -0.05) is 184 Å². The summed E-state index contributed by atoms with van der Waals surface area (Å²) in [7, 11) is 0. The van der Waals surface area contributed by atoms with Crippen LogP contribution in [0.15, 0.2) is 176 Å². The predicted octanol–water partition coefficient (Wildman–Crippen LogP) is 11.0. The van der Waals surface area contributed by atoms with Crippen molar-refractivity contribution in [1.82, 2.24) is 24.9 Å². The molecule has 0 aliphatic heterocycles. The molecule has 0 aliphatic carbocycles. The van der Waals surface area contributed by atoms with Gasteiger partial charge in [-0.3, -0.25) is 0 Å². The first-order valence-corrected chi connectivity index (χ1v) is 17.1. The summed E-state index contributed by atoms with van der Waals surface area (Å²) < 4.78 is 0. The lowest BCUT2D eigenvalue weighted by atomic mass is 9.77. The van der Waals surface area contributed by atoms with Gasteiger partial charge < -0.3 is 0 Å². The Labute approximate surface area is 298 Å². The van der Waals surface area contributed by atoms with Gasteiger partial charge in [0, 0.05) is 38.8 Å². The third-order valence-electron chi connectivity index (χ3n) is 9.29. The second kappa shape index (κ2) is 13.7. The van der Waals surface area contributed by atoms with Gasteiger partial charge in [0.2, 0.25) is 0 Å². The van der Waals surface area contributed by atoms with E-state index >= 15 is 0 Å². The molecular weight excluding hydrogens is 623 g/mol. The van der Waals surface area contributed by atoms with Crippen LogP contribution < -0.4 is 0 Å². The van der Waals surface area contributed by atoms with E-state index in [0.717, 1.165) is 44.8 Å². The zero-order valence-electron chi connectivity index (χ0n) is 28.5. The van der Waals surface area contributed by atoms with Gasteiger partial charge in [-0.05, 0) is 17.2 Å². The van der Waals surface area contributed by atoms with E-state index in [2.05, 4.69) is 92.7 Å². The fraction of sp³-hybridized carbons (Fsp3) is 0.0652. The van der Waals surface area contributed by atoms with Gasteiger partial charge in [0.25, 0.3) is 0 Å². The Morgan fingerprint density at radius 2 is 0.569 bits per heavy atom. The number of rotatable bonds is 8. The zero-order chi connectivity index (χ0) is 34.6. The molecule has 0 amide bonds. The fourth-order valence-corrected chi connectivity index (χ4v) is 6.27. The van der Waals surface area contributed by atoms with Crippen LogP contribution >= 0.6 is 0 Å². The third kappa shape index (κ3) is 6.70. The Hall–Kier alpha value is -6.59. The van der Waals surface area contributed by atoms with Crippen LogP contribution in [0.3, 0.4) is 0 Å². The van der Waals surface area contributed by atoms with Crippen molar-refractivity contribution >= 4 is 0 Å². The lowest BCUT2D eigenvalue weighted by Gasteiger charge is -2.26. The Balaban J connectivity index is 1.10. The first-order chi connectivity index (χ1) is 25.0. The van der Waals surface area contributed by atoms with Gasteiger partial charge in [-0.25, -0.2) is 24.9 Å². The summed E-state index contributed by atoms with van der Waals surface area (Å²) in [5, 5.41) is 0. The molecule has 6 aromatic carbocycles. The van der Waals surface area contributed by atoms with Crippen molar-refractivity contribution in [3.63, 3.8) is 0 Å². The SMILES string of the molecule is CC(C)(c1ccc(-c2nc(-c3ccccc3)cc(-c3ccccc3)n2)cc1)c1ccc(-c2nc(-c3ccccc3)nc(-c3ccccc3)n2)cc1. The highest BCUT2D eigenvalue weighted by molar-refractivity contribution is 5.72. The van der Waals surface area contributed by atoms with Crippen LogP contribution in [0.4, 0.5) is 0 Å². The van der Waals surface area contributed by atoms with E-state index in [1.807, 2.05) is 97.1 Å². The number of hydrogen-bond donors (Lipinski definition) is 0. The average molecular weight is 658 g/mol. The number of nitrogens with zero attached hydrogens (tertiary/aromatic N) is 5. The monoisotopic (exact) mass is 657 g/mol. The number of benzene rings is 6. The molecule has 0 N–H and O–H groups in total. The summed E-state index contributed by atoms with van der Waals surface area (Å²) in [6.45, 7) is 4.50. The molecule has 0 fully saturated rings. The average Bonchev–Trinajstić information content (AvgIpc) is 3.22. The molecule has 0 radical (unpaired) electrons. The van der Waals surface area contributed by atoms with E-state index in [1.165, 1.54) is 11.1 Å². The topological polar surface area (TPSA) is 64.5 Å². The maximum absolute atomic E-state index is 5.01. The summed E-state index contributed by atoms with van der Waals surface area (Å²) in [5.74, 6) is 2.64.